The van der Waals surface area contributed by atoms with E-state index in [9.17, 15) is 17.6 Å². The lowest BCUT2D eigenvalue weighted by Crippen LogP contribution is -2.32. The normalized spacial score (nSPS) is 14.9. The summed E-state index contributed by atoms with van der Waals surface area (Å²) in [5.41, 5.74) is 1.59. The monoisotopic (exact) mass is 415 g/mol. The lowest BCUT2D eigenvalue weighted by atomic mass is 10.0. The van der Waals surface area contributed by atoms with Crippen LogP contribution in [0.2, 0.25) is 0 Å². The van der Waals surface area contributed by atoms with Gasteiger partial charge in [-0.3, -0.25) is 9.48 Å². The van der Waals surface area contributed by atoms with Gasteiger partial charge >= 0.3 is 0 Å². The molecule has 2 N–H and O–H groups in total. The lowest BCUT2D eigenvalue weighted by Gasteiger charge is -2.21. The van der Waals surface area contributed by atoms with E-state index in [0.29, 0.717) is 23.2 Å². The van der Waals surface area contributed by atoms with Gasteiger partial charge in [0.1, 0.15) is 23.4 Å². The molecule has 3 aromatic rings. The number of nitrogens with zero attached hydrogens (tertiary/aromatic N) is 3. The summed E-state index contributed by atoms with van der Waals surface area (Å²) in [7, 11) is -4.19. The molecule has 1 aliphatic rings. The molecular weight excluding hydrogens is 397 g/mol. The van der Waals surface area contributed by atoms with Crippen LogP contribution in [0.15, 0.2) is 60.0 Å². The average Bonchev–Trinajstić information content (AvgIpc) is 3.20. The molecule has 0 fully saturated rings. The molecule has 0 aliphatic carbocycles. The van der Waals surface area contributed by atoms with E-state index in [4.69, 9.17) is 0 Å². The Balaban J connectivity index is 1.67. The van der Waals surface area contributed by atoms with Gasteiger partial charge < -0.3 is 5.32 Å². The number of carbonyl (C=O) groups excluding carboxylic acids is 1. The number of halogens is 1. The first-order valence-corrected chi connectivity index (χ1v) is 10.4. The summed E-state index contributed by atoms with van der Waals surface area (Å²) in [6, 6.07) is 10.6. The van der Waals surface area contributed by atoms with Crippen LogP contribution in [0.25, 0.3) is 0 Å². The molecule has 150 valence electrons. The van der Waals surface area contributed by atoms with Crippen molar-refractivity contribution < 1.29 is 17.6 Å². The Morgan fingerprint density at radius 2 is 2.00 bits per heavy atom. The van der Waals surface area contributed by atoms with Crippen molar-refractivity contribution in [3.63, 3.8) is 0 Å². The first-order valence-electron chi connectivity index (χ1n) is 8.94. The number of anilines is 1. The van der Waals surface area contributed by atoms with Crippen molar-refractivity contribution in [2.45, 2.75) is 30.3 Å². The molecule has 0 saturated carbocycles. The highest BCUT2D eigenvalue weighted by atomic mass is 32.2. The molecule has 2 aromatic carbocycles. The molecule has 2 heterocycles. The van der Waals surface area contributed by atoms with Crippen molar-refractivity contribution in [3.05, 3.63) is 72.1 Å². The summed E-state index contributed by atoms with van der Waals surface area (Å²) in [4.78, 5) is 14.9. The van der Waals surface area contributed by atoms with Gasteiger partial charge in [-0.25, -0.2) is 22.5 Å². The van der Waals surface area contributed by atoms with Crippen molar-refractivity contribution in [1.82, 2.24) is 19.5 Å². The third-order valence-corrected chi connectivity index (χ3v) is 6.16. The van der Waals surface area contributed by atoms with Crippen LogP contribution in [-0.4, -0.2) is 29.1 Å². The number of nitrogens with one attached hydrogen (secondary N) is 2. The van der Waals surface area contributed by atoms with Crippen LogP contribution >= 0.6 is 0 Å². The van der Waals surface area contributed by atoms with E-state index >= 15 is 0 Å². The number of carbonyl (C=O) groups is 1. The highest BCUT2D eigenvalue weighted by Crippen LogP contribution is 2.29. The fourth-order valence-corrected chi connectivity index (χ4v) is 4.57. The van der Waals surface area contributed by atoms with Crippen LogP contribution < -0.4 is 10.0 Å². The van der Waals surface area contributed by atoms with Gasteiger partial charge in [0, 0.05) is 12.1 Å². The SMILES string of the molecule is O=C1CCc2cc(S(=O)(=O)NC(Cn3cncn3)c3ccccc3)c(F)cc2N1. The summed E-state index contributed by atoms with van der Waals surface area (Å²) in [5, 5.41) is 6.59. The molecule has 0 bridgehead atoms. The van der Waals surface area contributed by atoms with Crippen molar-refractivity contribution in [2.75, 3.05) is 5.32 Å². The van der Waals surface area contributed by atoms with Crippen LogP contribution in [0.3, 0.4) is 0 Å². The number of amides is 1. The Morgan fingerprint density at radius 3 is 2.72 bits per heavy atom. The zero-order valence-electron chi connectivity index (χ0n) is 15.2. The molecule has 1 aliphatic heterocycles. The maximum absolute atomic E-state index is 14.6. The molecule has 0 spiro atoms. The Hall–Kier alpha value is -3.11. The van der Waals surface area contributed by atoms with Crippen LogP contribution in [0.4, 0.5) is 10.1 Å². The minimum Gasteiger partial charge on any atom is -0.326 e. The van der Waals surface area contributed by atoms with Crippen LogP contribution in [0, 0.1) is 5.82 Å². The number of benzene rings is 2. The van der Waals surface area contributed by atoms with E-state index in [-0.39, 0.29) is 18.9 Å². The zero-order chi connectivity index (χ0) is 20.4. The Morgan fingerprint density at radius 1 is 1.21 bits per heavy atom. The topological polar surface area (TPSA) is 106 Å². The molecule has 1 unspecified atom stereocenters. The number of fused-ring (bicyclic) bond motifs is 1. The van der Waals surface area contributed by atoms with Gasteiger partial charge in [-0.1, -0.05) is 30.3 Å². The molecule has 4 rings (SSSR count). The number of aromatic nitrogens is 3. The van der Waals surface area contributed by atoms with Gasteiger partial charge in [-0.2, -0.15) is 5.10 Å². The van der Waals surface area contributed by atoms with Gasteiger partial charge in [0.2, 0.25) is 15.9 Å². The van der Waals surface area contributed by atoms with Crippen molar-refractivity contribution in [3.8, 4) is 0 Å². The minimum absolute atomic E-state index is 0.186. The van der Waals surface area contributed by atoms with E-state index in [1.807, 2.05) is 6.07 Å². The molecule has 0 radical (unpaired) electrons. The second-order valence-corrected chi connectivity index (χ2v) is 8.37. The molecular formula is C19H18FN5O3S. The van der Waals surface area contributed by atoms with Crippen molar-refractivity contribution in [2.24, 2.45) is 0 Å². The third-order valence-electron chi connectivity index (χ3n) is 4.68. The molecule has 8 nitrogen and oxygen atoms in total. The van der Waals surface area contributed by atoms with Crippen LogP contribution in [-0.2, 0) is 27.8 Å². The first kappa shape index (κ1) is 19.2. The Kier molecular flexibility index (Phi) is 5.12. The average molecular weight is 415 g/mol. The highest BCUT2D eigenvalue weighted by Gasteiger charge is 2.27. The Bertz CT molecular complexity index is 1130. The number of hydrogen-bond donors (Lipinski definition) is 2. The Labute approximate surface area is 166 Å². The predicted octanol–water partition coefficient (Wildman–Crippen LogP) is 2.02. The molecule has 0 saturated heterocycles. The maximum atomic E-state index is 14.6. The fourth-order valence-electron chi connectivity index (χ4n) is 3.25. The van der Waals surface area contributed by atoms with Crippen molar-refractivity contribution >= 4 is 21.6 Å². The van der Waals surface area contributed by atoms with Gasteiger partial charge in [-0.15, -0.1) is 0 Å². The van der Waals surface area contributed by atoms with Gasteiger partial charge in [-0.05, 0) is 29.7 Å². The number of sulfonamides is 1. The second kappa shape index (κ2) is 7.72. The smallest absolute Gasteiger partial charge is 0.244 e. The highest BCUT2D eigenvalue weighted by molar-refractivity contribution is 7.89. The van der Waals surface area contributed by atoms with E-state index in [1.54, 1.807) is 24.3 Å². The summed E-state index contributed by atoms with van der Waals surface area (Å²) >= 11 is 0. The van der Waals surface area contributed by atoms with E-state index in [0.717, 1.165) is 6.07 Å². The molecule has 1 atom stereocenters. The van der Waals surface area contributed by atoms with Gasteiger partial charge in [0.25, 0.3) is 0 Å². The summed E-state index contributed by atoms with van der Waals surface area (Å²) in [6.45, 7) is 0.186. The predicted molar refractivity (Wildman–Crippen MR) is 103 cm³/mol. The number of hydrogen-bond acceptors (Lipinski definition) is 5. The van der Waals surface area contributed by atoms with E-state index in [1.165, 1.54) is 23.4 Å². The molecule has 1 amide bonds. The molecule has 10 heteroatoms. The fraction of sp³-hybridized carbons (Fsp3) is 0.211. The lowest BCUT2D eigenvalue weighted by molar-refractivity contribution is -0.116. The van der Waals surface area contributed by atoms with E-state index < -0.39 is 26.8 Å². The summed E-state index contributed by atoms with van der Waals surface area (Å²) in [6.07, 6.45) is 3.41. The van der Waals surface area contributed by atoms with E-state index in [2.05, 4.69) is 20.1 Å². The summed E-state index contributed by atoms with van der Waals surface area (Å²) in [5.74, 6) is -1.14. The van der Waals surface area contributed by atoms with Crippen molar-refractivity contribution in [1.29, 1.82) is 0 Å². The van der Waals surface area contributed by atoms with Crippen LogP contribution in [0.5, 0.6) is 0 Å². The molecule has 29 heavy (non-hydrogen) atoms. The minimum atomic E-state index is -4.19. The largest absolute Gasteiger partial charge is 0.326 e. The quantitative estimate of drug-likeness (QED) is 0.641. The second-order valence-electron chi connectivity index (χ2n) is 6.69. The van der Waals surface area contributed by atoms with Gasteiger partial charge in [0.05, 0.1) is 12.6 Å². The van der Waals surface area contributed by atoms with Gasteiger partial charge in [0.15, 0.2) is 0 Å². The summed E-state index contributed by atoms with van der Waals surface area (Å²) < 4.78 is 44.8. The van der Waals surface area contributed by atoms with Crippen LogP contribution in [0.1, 0.15) is 23.6 Å². The molecule has 1 aromatic heterocycles. The zero-order valence-corrected chi connectivity index (χ0v) is 16.1. The standard InChI is InChI=1S/C19H18FN5O3S/c20-15-9-16-14(6-7-19(26)23-16)8-18(15)29(27,28)24-17(10-25-12-21-11-22-25)13-4-2-1-3-5-13/h1-5,8-9,11-12,17,24H,6-7,10H2,(H,23,26). The third kappa shape index (κ3) is 4.17. The number of aryl methyl sites for hydroxylation is 1. The number of rotatable bonds is 6. The maximum Gasteiger partial charge on any atom is 0.244 e. The first-order chi connectivity index (χ1) is 13.9.